The molecule has 1 aliphatic rings. The standard InChI is InChI=1S/C17H25NO3/c1-11-7-12(2)16(13(3)8-11)17(19)18-14(4)9-21-15-5-6-20-10-15/h7-8,14-15H,5-6,9-10H2,1-4H3,(H,18,19)/t14-,15-/m0/s1. The molecule has 2 rings (SSSR count). The van der Waals surface area contributed by atoms with E-state index in [1.54, 1.807) is 0 Å². The molecule has 4 nitrogen and oxygen atoms in total. The summed E-state index contributed by atoms with van der Waals surface area (Å²) in [6.07, 6.45) is 1.11. The van der Waals surface area contributed by atoms with Gasteiger partial charge in [-0.15, -0.1) is 0 Å². The van der Waals surface area contributed by atoms with Gasteiger partial charge in [-0.2, -0.15) is 0 Å². The van der Waals surface area contributed by atoms with Gasteiger partial charge < -0.3 is 14.8 Å². The highest BCUT2D eigenvalue weighted by Crippen LogP contribution is 2.16. The molecule has 0 bridgehead atoms. The molecule has 1 aliphatic heterocycles. The van der Waals surface area contributed by atoms with Crippen molar-refractivity contribution in [1.29, 1.82) is 0 Å². The van der Waals surface area contributed by atoms with E-state index in [2.05, 4.69) is 5.32 Å². The van der Waals surface area contributed by atoms with Crippen LogP contribution >= 0.6 is 0 Å². The van der Waals surface area contributed by atoms with Gasteiger partial charge in [-0.05, 0) is 45.2 Å². The molecule has 2 atom stereocenters. The van der Waals surface area contributed by atoms with Crippen LogP contribution in [0, 0.1) is 20.8 Å². The third kappa shape index (κ3) is 4.29. The highest BCUT2D eigenvalue weighted by Gasteiger charge is 2.19. The number of hydrogen-bond acceptors (Lipinski definition) is 3. The van der Waals surface area contributed by atoms with Crippen LogP contribution in [0.25, 0.3) is 0 Å². The van der Waals surface area contributed by atoms with Crippen LogP contribution < -0.4 is 5.32 Å². The van der Waals surface area contributed by atoms with Crippen molar-refractivity contribution in [2.75, 3.05) is 19.8 Å². The lowest BCUT2D eigenvalue weighted by Gasteiger charge is -2.18. The van der Waals surface area contributed by atoms with Crippen molar-refractivity contribution in [2.45, 2.75) is 46.3 Å². The number of aryl methyl sites for hydroxylation is 3. The lowest BCUT2D eigenvalue weighted by Crippen LogP contribution is -2.37. The molecule has 0 unspecified atom stereocenters. The molecule has 0 aromatic heterocycles. The fourth-order valence-electron chi connectivity index (χ4n) is 2.80. The SMILES string of the molecule is Cc1cc(C)c(C(=O)N[C@@H](C)CO[C@H]2CCOC2)c(C)c1. The molecule has 21 heavy (non-hydrogen) atoms. The van der Waals surface area contributed by atoms with Gasteiger partial charge in [-0.3, -0.25) is 4.79 Å². The Bertz CT molecular complexity index is 484. The van der Waals surface area contributed by atoms with Crippen molar-refractivity contribution in [1.82, 2.24) is 5.32 Å². The molecule has 1 aromatic carbocycles. The Kier molecular flexibility index (Phi) is 5.37. The van der Waals surface area contributed by atoms with Crippen molar-refractivity contribution in [3.63, 3.8) is 0 Å². The summed E-state index contributed by atoms with van der Waals surface area (Å²) in [5.41, 5.74) is 3.99. The quantitative estimate of drug-likeness (QED) is 0.907. The summed E-state index contributed by atoms with van der Waals surface area (Å²) in [6, 6.07) is 4.07. The van der Waals surface area contributed by atoms with Gasteiger partial charge in [0.1, 0.15) is 0 Å². The molecule has 0 aliphatic carbocycles. The number of nitrogens with one attached hydrogen (secondary N) is 1. The van der Waals surface area contributed by atoms with Crippen molar-refractivity contribution >= 4 is 5.91 Å². The summed E-state index contributed by atoms with van der Waals surface area (Å²) in [7, 11) is 0. The second-order valence-electron chi connectivity index (χ2n) is 5.97. The van der Waals surface area contributed by atoms with Gasteiger partial charge in [0.05, 0.1) is 19.3 Å². The first-order chi connectivity index (χ1) is 9.97. The number of benzene rings is 1. The van der Waals surface area contributed by atoms with Crippen LogP contribution in [0.4, 0.5) is 0 Å². The zero-order chi connectivity index (χ0) is 15.4. The molecule has 1 aromatic rings. The van der Waals surface area contributed by atoms with Gasteiger partial charge in [-0.1, -0.05) is 17.7 Å². The van der Waals surface area contributed by atoms with E-state index in [0.29, 0.717) is 13.2 Å². The maximum absolute atomic E-state index is 12.4. The number of rotatable bonds is 5. The maximum atomic E-state index is 12.4. The molecule has 1 amide bonds. The summed E-state index contributed by atoms with van der Waals surface area (Å²) < 4.78 is 11.0. The topological polar surface area (TPSA) is 47.6 Å². The van der Waals surface area contributed by atoms with Crippen molar-refractivity contribution < 1.29 is 14.3 Å². The van der Waals surface area contributed by atoms with Gasteiger partial charge in [0.25, 0.3) is 5.91 Å². The minimum absolute atomic E-state index is 0.0156. The zero-order valence-corrected chi connectivity index (χ0v) is 13.4. The third-order valence-corrected chi connectivity index (χ3v) is 3.75. The normalized spacial score (nSPS) is 19.5. The van der Waals surface area contributed by atoms with Crippen LogP contribution in [-0.4, -0.2) is 37.9 Å². The van der Waals surface area contributed by atoms with Gasteiger partial charge in [0, 0.05) is 18.2 Å². The minimum atomic E-state index is -0.0243. The van der Waals surface area contributed by atoms with E-state index in [1.165, 1.54) is 5.56 Å². The number of carbonyl (C=O) groups is 1. The van der Waals surface area contributed by atoms with Crippen LogP contribution in [-0.2, 0) is 9.47 Å². The molecule has 1 saturated heterocycles. The third-order valence-electron chi connectivity index (χ3n) is 3.75. The van der Waals surface area contributed by atoms with Gasteiger partial charge >= 0.3 is 0 Å². The second-order valence-corrected chi connectivity index (χ2v) is 5.97. The average Bonchev–Trinajstić information content (AvgIpc) is 2.88. The number of hydrogen-bond donors (Lipinski definition) is 1. The van der Waals surface area contributed by atoms with Crippen molar-refractivity contribution in [3.8, 4) is 0 Å². The zero-order valence-electron chi connectivity index (χ0n) is 13.4. The van der Waals surface area contributed by atoms with E-state index >= 15 is 0 Å². The lowest BCUT2D eigenvalue weighted by atomic mass is 9.99. The molecule has 0 saturated carbocycles. The summed E-state index contributed by atoms with van der Waals surface area (Å²) in [4.78, 5) is 12.4. The molecule has 116 valence electrons. The maximum Gasteiger partial charge on any atom is 0.252 e. The second kappa shape index (κ2) is 7.05. The van der Waals surface area contributed by atoms with E-state index < -0.39 is 0 Å². The Labute approximate surface area is 126 Å². The molecule has 1 heterocycles. The highest BCUT2D eigenvalue weighted by atomic mass is 16.5. The fourth-order valence-corrected chi connectivity index (χ4v) is 2.80. The average molecular weight is 291 g/mol. The van der Waals surface area contributed by atoms with Crippen LogP contribution in [0.15, 0.2) is 12.1 Å². The van der Waals surface area contributed by atoms with Gasteiger partial charge in [0.15, 0.2) is 0 Å². The first kappa shape index (κ1) is 16.0. The minimum Gasteiger partial charge on any atom is -0.379 e. The Morgan fingerprint density at radius 2 is 2.05 bits per heavy atom. The van der Waals surface area contributed by atoms with E-state index in [0.717, 1.165) is 29.7 Å². The van der Waals surface area contributed by atoms with E-state index in [4.69, 9.17) is 9.47 Å². The number of amides is 1. The largest absolute Gasteiger partial charge is 0.379 e. The summed E-state index contributed by atoms with van der Waals surface area (Å²) in [5, 5.41) is 3.02. The van der Waals surface area contributed by atoms with Crippen LogP contribution in [0.1, 0.15) is 40.4 Å². The van der Waals surface area contributed by atoms with E-state index in [1.807, 2.05) is 39.8 Å². The first-order valence-electron chi connectivity index (χ1n) is 7.55. The Morgan fingerprint density at radius 1 is 1.38 bits per heavy atom. The van der Waals surface area contributed by atoms with E-state index in [-0.39, 0.29) is 18.1 Å². The van der Waals surface area contributed by atoms with Crippen LogP contribution in [0.5, 0.6) is 0 Å². The number of ether oxygens (including phenoxy) is 2. The molecular formula is C17H25NO3. The molecule has 1 N–H and O–H groups in total. The lowest BCUT2D eigenvalue weighted by molar-refractivity contribution is 0.0318. The van der Waals surface area contributed by atoms with Gasteiger partial charge in [0.2, 0.25) is 0 Å². The Hall–Kier alpha value is -1.39. The van der Waals surface area contributed by atoms with Crippen LogP contribution in [0.3, 0.4) is 0 Å². The summed E-state index contributed by atoms with van der Waals surface area (Å²) in [6.45, 7) is 9.92. The predicted molar refractivity (Wildman–Crippen MR) is 82.8 cm³/mol. The number of carbonyl (C=O) groups excluding carboxylic acids is 1. The van der Waals surface area contributed by atoms with Crippen LogP contribution in [0.2, 0.25) is 0 Å². The van der Waals surface area contributed by atoms with E-state index in [9.17, 15) is 4.79 Å². The smallest absolute Gasteiger partial charge is 0.252 e. The first-order valence-corrected chi connectivity index (χ1v) is 7.55. The summed E-state index contributed by atoms with van der Waals surface area (Å²) in [5.74, 6) is -0.0243. The molecule has 4 heteroatoms. The monoisotopic (exact) mass is 291 g/mol. The van der Waals surface area contributed by atoms with Gasteiger partial charge in [-0.25, -0.2) is 0 Å². The van der Waals surface area contributed by atoms with Crippen molar-refractivity contribution in [2.24, 2.45) is 0 Å². The Balaban J connectivity index is 1.91. The highest BCUT2D eigenvalue weighted by molar-refractivity contribution is 5.97. The molecular weight excluding hydrogens is 266 g/mol. The molecule has 0 radical (unpaired) electrons. The predicted octanol–water partition coefficient (Wildman–Crippen LogP) is 2.54. The fraction of sp³-hybridized carbons (Fsp3) is 0.588. The van der Waals surface area contributed by atoms with Crippen molar-refractivity contribution in [3.05, 3.63) is 34.4 Å². The Morgan fingerprint density at radius 3 is 2.62 bits per heavy atom. The summed E-state index contributed by atoms with van der Waals surface area (Å²) >= 11 is 0. The molecule has 0 spiro atoms. The molecule has 1 fully saturated rings.